The van der Waals surface area contributed by atoms with Gasteiger partial charge in [0.15, 0.2) is 6.61 Å². The van der Waals surface area contributed by atoms with Gasteiger partial charge in [0.05, 0.1) is 0 Å². The lowest BCUT2D eigenvalue weighted by molar-refractivity contribution is -0.154. The zero-order valence-corrected chi connectivity index (χ0v) is 16.1. The van der Waals surface area contributed by atoms with Gasteiger partial charge in [0.1, 0.15) is 11.2 Å². The Balaban J connectivity index is 2.45. The maximum atomic E-state index is 12.9. The molecule has 2 aromatic heterocycles. The van der Waals surface area contributed by atoms with E-state index in [0.717, 1.165) is 17.2 Å². The molecule has 0 spiro atoms. The molecule has 2 aromatic rings. The first-order valence-electron chi connectivity index (χ1n) is 8.12. The van der Waals surface area contributed by atoms with Gasteiger partial charge in [0.2, 0.25) is 15.7 Å². The van der Waals surface area contributed by atoms with Gasteiger partial charge in [0.25, 0.3) is 5.16 Å². The van der Waals surface area contributed by atoms with Gasteiger partial charge >= 0.3 is 12.2 Å². The molecule has 2 heterocycles. The second kappa shape index (κ2) is 8.12. The Bertz CT molecular complexity index is 955. The first-order chi connectivity index (χ1) is 13.0. The van der Waals surface area contributed by atoms with Crippen LogP contribution in [0.15, 0.2) is 28.6 Å². The highest BCUT2D eigenvalue weighted by Crippen LogP contribution is 2.30. The molecule has 0 saturated carbocycles. The number of amides is 1. The number of nitrogens with zero attached hydrogens (tertiary/aromatic N) is 5. The molecule has 0 aliphatic carbocycles. The van der Waals surface area contributed by atoms with Crippen molar-refractivity contribution in [1.82, 2.24) is 24.6 Å². The van der Waals surface area contributed by atoms with Crippen molar-refractivity contribution in [3.63, 3.8) is 0 Å². The number of carbonyl (C=O) groups excluding carboxylic acids is 1. The van der Waals surface area contributed by atoms with Crippen molar-refractivity contribution in [2.45, 2.75) is 37.0 Å². The van der Waals surface area contributed by atoms with Crippen LogP contribution in [-0.2, 0) is 9.84 Å². The minimum Gasteiger partial charge on any atom is -0.467 e. The van der Waals surface area contributed by atoms with Gasteiger partial charge in [-0.05, 0) is 32.4 Å². The number of ether oxygens (including phenoxy) is 1. The Hall–Kier alpha value is -2.70. The number of carbonyl (C=O) groups is 1. The minimum atomic E-state index is -4.68. The highest BCUT2D eigenvalue weighted by atomic mass is 32.2. The van der Waals surface area contributed by atoms with Crippen molar-refractivity contribution >= 4 is 15.9 Å². The number of aromatic nitrogens is 4. The van der Waals surface area contributed by atoms with E-state index in [2.05, 4.69) is 19.8 Å². The molecule has 0 fully saturated rings. The molecule has 2 rings (SSSR count). The fourth-order valence-electron chi connectivity index (χ4n) is 2.29. The highest BCUT2D eigenvalue weighted by molar-refractivity contribution is 7.91. The van der Waals surface area contributed by atoms with Gasteiger partial charge in [-0.1, -0.05) is 0 Å². The molecular weight excluding hydrogens is 403 g/mol. The summed E-state index contributed by atoms with van der Waals surface area (Å²) in [5.41, 5.74) is 0.0959. The number of aryl methyl sites for hydroxylation is 1. The lowest BCUT2D eigenvalue weighted by atomic mass is 10.3. The van der Waals surface area contributed by atoms with Crippen LogP contribution in [0.2, 0.25) is 0 Å². The fourth-order valence-corrected chi connectivity index (χ4v) is 3.69. The van der Waals surface area contributed by atoms with E-state index in [0.29, 0.717) is 13.1 Å². The zero-order valence-electron chi connectivity index (χ0n) is 15.3. The molecule has 0 aliphatic rings. The van der Waals surface area contributed by atoms with Crippen LogP contribution in [0.4, 0.5) is 18.0 Å². The summed E-state index contributed by atoms with van der Waals surface area (Å²) >= 11 is 0. The monoisotopic (exact) mass is 421 g/mol. The molecule has 0 atom stereocenters. The van der Waals surface area contributed by atoms with E-state index in [1.807, 2.05) is 0 Å². The molecule has 0 radical (unpaired) electrons. The normalized spacial score (nSPS) is 12.1. The number of rotatable bonds is 6. The Labute approximate surface area is 159 Å². The molecule has 0 aromatic carbocycles. The predicted molar refractivity (Wildman–Crippen MR) is 89.7 cm³/mol. The maximum absolute atomic E-state index is 12.9. The lowest BCUT2D eigenvalue weighted by Gasteiger charge is -2.17. The van der Waals surface area contributed by atoms with Crippen LogP contribution in [0, 0.1) is 6.92 Å². The summed E-state index contributed by atoms with van der Waals surface area (Å²) in [6, 6.07) is 0.709. The molecule has 0 saturated heterocycles. The predicted octanol–water partition coefficient (Wildman–Crippen LogP) is 2.07. The fraction of sp³-hybridized carbons (Fsp3) is 0.467. The van der Waals surface area contributed by atoms with Crippen LogP contribution >= 0.6 is 0 Å². The average Bonchev–Trinajstić information content (AvgIpc) is 3.11. The molecular formula is C15H18F3N5O4S. The zero-order chi connectivity index (χ0) is 21.1. The number of sulfone groups is 1. The van der Waals surface area contributed by atoms with Crippen LogP contribution in [0.3, 0.4) is 0 Å². The summed E-state index contributed by atoms with van der Waals surface area (Å²) in [4.78, 5) is 20.3. The third-order valence-corrected chi connectivity index (χ3v) is 5.35. The Morgan fingerprint density at radius 1 is 1.25 bits per heavy atom. The number of pyridine rings is 1. The Morgan fingerprint density at radius 2 is 1.89 bits per heavy atom. The quantitative estimate of drug-likeness (QED) is 0.703. The van der Waals surface area contributed by atoms with Gasteiger partial charge in [-0.3, -0.25) is 0 Å². The standard InChI is InChI=1S/C15H18F3N5O4S/c1-4-22(5-2)14(24)23-9-20-13(21-23)28(25,26)11-10(3)6-7-19-12(11)27-8-15(16,17)18/h6-7,9H,4-5,8H2,1-3H3. The van der Waals surface area contributed by atoms with Crippen molar-refractivity contribution in [3.05, 3.63) is 24.2 Å². The summed E-state index contributed by atoms with van der Waals surface area (Å²) in [6.45, 7) is 3.86. The summed E-state index contributed by atoms with van der Waals surface area (Å²) < 4.78 is 68.4. The molecule has 0 N–H and O–H groups in total. The molecule has 9 nitrogen and oxygen atoms in total. The number of alkyl halides is 3. The summed E-state index contributed by atoms with van der Waals surface area (Å²) in [6.07, 6.45) is -2.63. The molecule has 0 aliphatic heterocycles. The average molecular weight is 421 g/mol. The van der Waals surface area contributed by atoms with Gasteiger partial charge in [-0.25, -0.2) is 23.2 Å². The van der Waals surface area contributed by atoms with E-state index in [1.54, 1.807) is 13.8 Å². The molecule has 0 unspecified atom stereocenters. The Kier molecular flexibility index (Phi) is 6.27. The number of hydrogen-bond donors (Lipinski definition) is 0. The smallest absolute Gasteiger partial charge is 0.422 e. The number of halogens is 3. The largest absolute Gasteiger partial charge is 0.467 e. The van der Waals surface area contributed by atoms with Crippen LogP contribution in [0.1, 0.15) is 19.4 Å². The first-order valence-corrected chi connectivity index (χ1v) is 9.60. The maximum Gasteiger partial charge on any atom is 0.422 e. The second-order valence-corrected chi connectivity index (χ2v) is 7.38. The first kappa shape index (κ1) is 21.6. The summed E-state index contributed by atoms with van der Waals surface area (Å²) in [5, 5.41) is 2.94. The summed E-state index contributed by atoms with van der Waals surface area (Å²) in [5.74, 6) is -0.719. The third kappa shape index (κ3) is 4.58. The highest BCUT2D eigenvalue weighted by Gasteiger charge is 2.34. The second-order valence-electron chi connectivity index (χ2n) is 5.60. The summed E-state index contributed by atoms with van der Waals surface area (Å²) in [7, 11) is -4.49. The van der Waals surface area contributed by atoms with Crippen molar-refractivity contribution in [2.24, 2.45) is 0 Å². The molecule has 13 heteroatoms. The van der Waals surface area contributed by atoms with Crippen molar-refractivity contribution in [2.75, 3.05) is 19.7 Å². The lowest BCUT2D eigenvalue weighted by Crippen LogP contribution is -2.34. The molecule has 28 heavy (non-hydrogen) atoms. The SMILES string of the molecule is CCN(CC)C(=O)n1cnc(S(=O)(=O)c2c(C)ccnc2OCC(F)(F)F)n1. The van der Waals surface area contributed by atoms with Crippen LogP contribution in [0.25, 0.3) is 0 Å². The van der Waals surface area contributed by atoms with E-state index < -0.39 is 44.6 Å². The molecule has 1 amide bonds. The van der Waals surface area contributed by atoms with Crippen molar-refractivity contribution in [1.29, 1.82) is 0 Å². The minimum absolute atomic E-state index is 0.0959. The third-order valence-electron chi connectivity index (χ3n) is 3.65. The van der Waals surface area contributed by atoms with Crippen LogP contribution in [-0.4, -0.2) is 65.0 Å². The molecule has 154 valence electrons. The van der Waals surface area contributed by atoms with E-state index in [9.17, 15) is 26.4 Å². The van der Waals surface area contributed by atoms with E-state index in [4.69, 9.17) is 0 Å². The van der Waals surface area contributed by atoms with Gasteiger partial charge in [0, 0.05) is 19.3 Å². The van der Waals surface area contributed by atoms with Crippen LogP contribution in [0.5, 0.6) is 5.88 Å². The van der Waals surface area contributed by atoms with Crippen molar-refractivity contribution < 1.29 is 31.1 Å². The van der Waals surface area contributed by atoms with Gasteiger partial charge < -0.3 is 9.64 Å². The van der Waals surface area contributed by atoms with Crippen LogP contribution < -0.4 is 4.74 Å². The van der Waals surface area contributed by atoms with E-state index >= 15 is 0 Å². The van der Waals surface area contributed by atoms with Gasteiger partial charge in [-0.15, -0.1) is 5.10 Å². The Morgan fingerprint density at radius 3 is 2.46 bits per heavy atom. The molecule has 0 bridgehead atoms. The van der Waals surface area contributed by atoms with Gasteiger partial charge in [-0.2, -0.15) is 17.9 Å². The van der Waals surface area contributed by atoms with E-state index in [-0.39, 0.29) is 5.56 Å². The van der Waals surface area contributed by atoms with E-state index in [1.165, 1.54) is 17.9 Å². The number of hydrogen-bond acceptors (Lipinski definition) is 7. The topological polar surface area (TPSA) is 107 Å². The van der Waals surface area contributed by atoms with Crippen molar-refractivity contribution in [3.8, 4) is 5.88 Å².